The van der Waals surface area contributed by atoms with Gasteiger partial charge in [-0.05, 0) is 37.7 Å². The third-order valence-electron chi connectivity index (χ3n) is 4.98. The number of hydrogen-bond acceptors (Lipinski definition) is 4. The highest BCUT2D eigenvalue weighted by molar-refractivity contribution is 6.01. The fourth-order valence-corrected chi connectivity index (χ4v) is 3.21. The highest BCUT2D eigenvalue weighted by Gasteiger charge is 2.35. The summed E-state index contributed by atoms with van der Waals surface area (Å²) in [4.78, 5) is 19.0. The first-order valence-corrected chi connectivity index (χ1v) is 7.80. The van der Waals surface area contributed by atoms with E-state index in [4.69, 9.17) is 0 Å². The molecule has 0 atom stereocenters. The Kier molecular flexibility index (Phi) is 3.87. The number of piperidine rings is 1. The van der Waals surface area contributed by atoms with E-state index in [1.807, 2.05) is 11.8 Å². The molecule has 1 aliphatic heterocycles. The molecule has 2 aromatic rings. The third kappa shape index (κ3) is 2.37. The van der Waals surface area contributed by atoms with E-state index in [2.05, 4.69) is 17.0 Å². The van der Waals surface area contributed by atoms with Gasteiger partial charge in [-0.25, -0.2) is 9.50 Å². The summed E-state index contributed by atoms with van der Waals surface area (Å²) in [6, 6.07) is 1.80. The Morgan fingerprint density at radius 3 is 2.77 bits per heavy atom. The van der Waals surface area contributed by atoms with Crippen LogP contribution in [0.5, 0.6) is 0 Å². The van der Waals surface area contributed by atoms with Crippen molar-refractivity contribution in [1.29, 1.82) is 0 Å². The van der Waals surface area contributed by atoms with Crippen LogP contribution < -0.4 is 0 Å². The molecule has 3 rings (SSSR count). The Bertz CT molecular complexity index is 681. The van der Waals surface area contributed by atoms with Crippen molar-refractivity contribution in [2.45, 2.75) is 33.1 Å². The van der Waals surface area contributed by atoms with Crippen LogP contribution in [-0.2, 0) is 0 Å². The number of aliphatic hydroxyl groups is 1. The van der Waals surface area contributed by atoms with E-state index in [1.165, 1.54) is 0 Å². The van der Waals surface area contributed by atoms with Crippen LogP contribution >= 0.6 is 0 Å². The van der Waals surface area contributed by atoms with Crippen molar-refractivity contribution in [2.24, 2.45) is 5.41 Å². The van der Waals surface area contributed by atoms with Gasteiger partial charge < -0.3 is 10.0 Å². The monoisotopic (exact) mass is 302 g/mol. The minimum Gasteiger partial charge on any atom is -0.396 e. The molecule has 22 heavy (non-hydrogen) atoms. The predicted octanol–water partition coefficient (Wildman–Crippen LogP) is 1.66. The number of nitrogens with zero attached hydrogens (tertiary/aromatic N) is 4. The molecule has 1 N–H and O–H groups in total. The zero-order valence-electron chi connectivity index (χ0n) is 13.1. The predicted molar refractivity (Wildman–Crippen MR) is 82.7 cm³/mol. The van der Waals surface area contributed by atoms with E-state index >= 15 is 0 Å². The molecule has 0 spiro atoms. The molecule has 1 fully saturated rings. The fraction of sp³-hybridized carbons (Fsp3) is 0.562. The molecule has 1 saturated heterocycles. The Labute approximate surface area is 129 Å². The number of aryl methyl sites for hydroxylation is 1. The maximum Gasteiger partial charge on any atom is 0.259 e. The van der Waals surface area contributed by atoms with Gasteiger partial charge in [0.05, 0.1) is 5.69 Å². The highest BCUT2D eigenvalue weighted by atomic mass is 16.3. The number of aromatic nitrogens is 3. The molecule has 0 saturated carbocycles. The van der Waals surface area contributed by atoms with Crippen LogP contribution in [0.25, 0.3) is 5.65 Å². The average Bonchev–Trinajstić information content (AvgIpc) is 2.90. The van der Waals surface area contributed by atoms with Crippen LogP contribution in [0.3, 0.4) is 0 Å². The van der Waals surface area contributed by atoms with Crippen LogP contribution in [-0.4, -0.2) is 50.2 Å². The van der Waals surface area contributed by atoms with E-state index in [9.17, 15) is 9.90 Å². The summed E-state index contributed by atoms with van der Waals surface area (Å²) in [6.07, 6.45) is 6.12. The number of rotatable bonds is 3. The Morgan fingerprint density at radius 1 is 1.41 bits per heavy atom. The zero-order valence-corrected chi connectivity index (χ0v) is 13.1. The molecule has 0 aliphatic carbocycles. The summed E-state index contributed by atoms with van der Waals surface area (Å²) < 4.78 is 1.65. The topological polar surface area (TPSA) is 70.7 Å². The van der Waals surface area contributed by atoms with Crippen molar-refractivity contribution in [3.63, 3.8) is 0 Å². The van der Waals surface area contributed by atoms with Gasteiger partial charge in [0.2, 0.25) is 0 Å². The first-order valence-electron chi connectivity index (χ1n) is 7.80. The number of carbonyl (C=O) groups excluding carboxylic acids is 1. The first-order chi connectivity index (χ1) is 10.6. The number of aliphatic hydroxyl groups excluding tert-OH is 1. The second-order valence-corrected chi connectivity index (χ2v) is 6.15. The SMILES string of the molecule is CCC1(CO)CCN(C(=O)c2c(C)nn3cccnc23)CC1. The lowest BCUT2D eigenvalue weighted by Gasteiger charge is -2.40. The van der Waals surface area contributed by atoms with Gasteiger partial charge in [0, 0.05) is 32.1 Å². The molecule has 118 valence electrons. The lowest BCUT2D eigenvalue weighted by atomic mass is 9.77. The minimum absolute atomic E-state index is 0.00570. The molecule has 6 heteroatoms. The zero-order chi connectivity index (χ0) is 15.7. The van der Waals surface area contributed by atoms with Crippen molar-refractivity contribution in [3.05, 3.63) is 29.7 Å². The standard InChI is InChI=1S/C16H22N4O2/c1-3-16(11-21)5-9-19(10-6-16)15(22)13-12(2)18-20-8-4-7-17-14(13)20/h4,7-8,21H,3,5-6,9-11H2,1-2H3. The van der Waals surface area contributed by atoms with Gasteiger partial charge in [0.1, 0.15) is 5.56 Å². The summed E-state index contributed by atoms with van der Waals surface area (Å²) in [5.74, 6) is -0.00570. The van der Waals surface area contributed by atoms with Crippen LogP contribution in [0.2, 0.25) is 0 Å². The van der Waals surface area contributed by atoms with E-state index in [0.29, 0.717) is 30.0 Å². The maximum absolute atomic E-state index is 12.9. The summed E-state index contributed by atoms with van der Waals surface area (Å²) >= 11 is 0. The van der Waals surface area contributed by atoms with Gasteiger partial charge in [-0.3, -0.25) is 4.79 Å². The molecule has 2 aromatic heterocycles. The van der Waals surface area contributed by atoms with Crippen molar-refractivity contribution >= 4 is 11.6 Å². The number of likely N-dealkylation sites (tertiary alicyclic amines) is 1. The molecule has 0 unspecified atom stereocenters. The average molecular weight is 302 g/mol. The number of hydrogen-bond donors (Lipinski definition) is 1. The smallest absolute Gasteiger partial charge is 0.259 e. The van der Waals surface area contributed by atoms with Crippen molar-refractivity contribution in [2.75, 3.05) is 19.7 Å². The highest BCUT2D eigenvalue weighted by Crippen LogP contribution is 2.34. The second kappa shape index (κ2) is 5.68. The first kappa shape index (κ1) is 15.0. The lowest BCUT2D eigenvalue weighted by molar-refractivity contribution is 0.0338. The van der Waals surface area contributed by atoms with Crippen LogP contribution in [0.1, 0.15) is 42.2 Å². The van der Waals surface area contributed by atoms with Crippen LogP contribution in [0.4, 0.5) is 0 Å². The van der Waals surface area contributed by atoms with E-state index in [0.717, 1.165) is 19.3 Å². The quantitative estimate of drug-likeness (QED) is 0.936. The van der Waals surface area contributed by atoms with E-state index in [1.54, 1.807) is 23.0 Å². The van der Waals surface area contributed by atoms with Crippen molar-refractivity contribution < 1.29 is 9.90 Å². The van der Waals surface area contributed by atoms with Gasteiger partial charge in [-0.1, -0.05) is 6.92 Å². The van der Waals surface area contributed by atoms with E-state index in [-0.39, 0.29) is 17.9 Å². The van der Waals surface area contributed by atoms with Gasteiger partial charge in [0.25, 0.3) is 5.91 Å². The number of amides is 1. The normalized spacial score (nSPS) is 17.9. The Morgan fingerprint density at radius 2 is 2.14 bits per heavy atom. The van der Waals surface area contributed by atoms with Gasteiger partial charge in [-0.2, -0.15) is 5.10 Å². The van der Waals surface area contributed by atoms with Gasteiger partial charge in [0.15, 0.2) is 5.65 Å². The lowest BCUT2D eigenvalue weighted by Crippen LogP contribution is -2.44. The van der Waals surface area contributed by atoms with Crippen LogP contribution in [0, 0.1) is 12.3 Å². The number of carbonyl (C=O) groups is 1. The molecule has 6 nitrogen and oxygen atoms in total. The molecule has 0 aromatic carbocycles. The van der Waals surface area contributed by atoms with Gasteiger partial charge >= 0.3 is 0 Å². The second-order valence-electron chi connectivity index (χ2n) is 6.15. The van der Waals surface area contributed by atoms with Crippen molar-refractivity contribution in [1.82, 2.24) is 19.5 Å². The molecular weight excluding hydrogens is 280 g/mol. The van der Waals surface area contributed by atoms with Crippen LogP contribution in [0.15, 0.2) is 18.5 Å². The van der Waals surface area contributed by atoms with Crippen molar-refractivity contribution in [3.8, 4) is 0 Å². The molecular formula is C16H22N4O2. The maximum atomic E-state index is 12.9. The Balaban J connectivity index is 1.84. The summed E-state index contributed by atoms with van der Waals surface area (Å²) in [6.45, 7) is 5.50. The minimum atomic E-state index is -0.0227. The molecule has 1 amide bonds. The summed E-state index contributed by atoms with van der Waals surface area (Å²) in [5, 5.41) is 14.0. The molecule has 0 bridgehead atoms. The number of fused-ring (bicyclic) bond motifs is 1. The Hall–Kier alpha value is -1.95. The molecule has 3 heterocycles. The fourth-order valence-electron chi connectivity index (χ4n) is 3.21. The summed E-state index contributed by atoms with van der Waals surface area (Å²) in [7, 11) is 0. The third-order valence-corrected chi connectivity index (χ3v) is 4.98. The molecule has 0 radical (unpaired) electrons. The largest absolute Gasteiger partial charge is 0.396 e. The van der Waals surface area contributed by atoms with Gasteiger partial charge in [-0.15, -0.1) is 0 Å². The summed E-state index contributed by atoms with van der Waals surface area (Å²) in [5.41, 5.74) is 1.89. The molecule has 1 aliphatic rings. The van der Waals surface area contributed by atoms with E-state index < -0.39 is 0 Å².